The first-order valence-electron chi connectivity index (χ1n) is 4.42. The zero-order chi connectivity index (χ0) is 12.1. The maximum absolute atomic E-state index is 12.3. The van der Waals surface area contributed by atoms with Crippen molar-refractivity contribution in [2.24, 2.45) is 11.7 Å². The molecular weight excluding hydrogens is 216 g/mol. The smallest absolute Gasteiger partial charge is 0.324 e. The molecule has 0 aromatic heterocycles. The standard InChI is InChI=1S/C8H14F4N2O/c1-5(3-13)2-6(15)14-4-8(11,12)7(9)10/h5,7H,2-4,13H2,1H3,(H,14,15). The maximum atomic E-state index is 12.3. The van der Waals surface area contributed by atoms with Crippen molar-refractivity contribution in [1.29, 1.82) is 0 Å². The number of nitrogens with one attached hydrogen (secondary N) is 1. The zero-order valence-corrected chi connectivity index (χ0v) is 8.27. The Kier molecular flexibility index (Phi) is 5.56. The second-order valence-electron chi connectivity index (χ2n) is 3.38. The van der Waals surface area contributed by atoms with E-state index in [-0.39, 0.29) is 18.9 Å². The van der Waals surface area contributed by atoms with Crippen LogP contribution in [0.3, 0.4) is 0 Å². The Balaban J connectivity index is 3.90. The highest BCUT2D eigenvalue weighted by Gasteiger charge is 2.40. The molecule has 0 saturated heterocycles. The predicted octanol–water partition coefficient (Wildman–Crippen LogP) is 0.988. The lowest BCUT2D eigenvalue weighted by Gasteiger charge is -2.16. The molecule has 90 valence electrons. The molecule has 0 rings (SSSR count). The molecule has 1 unspecified atom stereocenters. The van der Waals surface area contributed by atoms with E-state index in [1.165, 1.54) is 0 Å². The van der Waals surface area contributed by atoms with E-state index >= 15 is 0 Å². The lowest BCUT2D eigenvalue weighted by atomic mass is 10.1. The number of amides is 1. The molecule has 15 heavy (non-hydrogen) atoms. The Morgan fingerprint density at radius 3 is 2.40 bits per heavy atom. The van der Waals surface area contributed by atoms with Crippen molar-refractivity contribution in [3.63, 3.8) is 0 Å². The van der Waals surface area contributed by atoms with E-state index in [1.807, 2.05) is 0 Å². The van der Waals surface area contributed by atoms with Gasteiger partial charge in [-0.15, -0.1) is 0 Å². The Morgan fingerprint density at radius 2 is 2.00 bits per heavy atom. The number of alkyl halides is 4. The minimum absolute atomic E-state index is 0.0458. The van der Waals surface area contributed by atoms with Gasteiger partial charge in [-0.25, -0.2) is 8.78 Å². The summed E-state index contributed by atoms with van der Waals surface area (Å²) >= 11 is 0. The first kappa shape index (κ1) is 14.2. The van der Waals surface area contributed by atoms with Gasteiger partial charge in [-0.3, -0.25) is 4.79 Å². The zero-order valence-electron chi connectivity index (χ0n) is 8.27. The number of nitrogens with two attached hydrogens (primary N) is 1. The number of hydrogen-bond acceptors (Lipinski definition) is 2. The van der Waals surface area contributed by atoms with Gasteiger partial charge in [0.25, 0.3) is 0 Å². The van der Waals surface area contributed by atoms with Crippen molar-refractivity contribution >= 4 is 5.91 Å². The summed E-state index contributed by atoms with van der Waals surface area (Å²) in [7, 11) is 0. The number of carbonyl (C=O) groups excluding carboxylic acids is 1. The van der Waals surface area contributed by atoms with E-state index < -0.39 is 24.8 Å². The molecule has 0 aromatic rings. The molecule has 0 aromatic carbocycles. The molecule has 0 radical (unpaired) electrons. The van der Waals surface area contributed by atoms with Gasteiger partial charge in [-0.05, 0) is 12.5 Å². The Bertz CT molecular complexity index is 211. The normalized spacial score (nSPS) is 14.1. The second kappa shape index (κ2) is 5.89. The molecule has 3 N–H and O–H groups in total. The predicted molar refractivity (Wildman–Crippen MR) is 46.8 cm³/mol. The highest BCUT2D eigenvalue weighted by molar-refractivity contribution is 5.76. The van der Waals surface area contributed by atoms with Gasteiger partial charge in [0.05, 0.1) is 6.54 Å². The molecule has 0 heterocycles. The molecule has 1 amide bonds. The van der Waals surface area contributed by atoms with Crippen molar-refractivity contribution < 1.29 is 22.4 Å². The van der Waals surface area contributed by atoms with Gasteiger partial charge in [0.1, 0.15) is 0 Å². The topological polar surface area (TPSA) is 55.1 Å². The fourth-order valence-corrected chi connectivity index (χ4v) is 0.766. The van der Waals surface area contributed by atoms with Crippen LogP contribution in [0.5, 0.6) is 0 Å². The van der Waals surface area contributed by atoms with Crippen LogP contribution in [-0.4, -0.2) is 31.3 Å². The third kappa shape index (κ3) is 5.56. The van der Waals surface area contributed by atoms with Crippen molar-refractivity contribution in [2.75, 3.05) is 13.1 Å². The molecule has 0 bridgehead atoms. The fraction of sp³-hybridized carbons (Fsp3) is 0.875. The van der Waals surface area contributed by atoms with E-state index in [0.717, 1.165) is 0 Å². The Labute approximate surface area is 85.0 Å². The number of hydrogen-bond donors (Lipinski definition) is 2. The lowest BCUT2D eigenvalue weighted by molar-refractivity contribution is -0.136. The van der Waals surface area contributed by atoms with Crippen LogP contribution in [0.1, 0.15) is 13.3 Å². The maximum Gasteiger partial charge on any atom is 0.324 e. The van der Waals surface area contributed by atoms with E-state index in [1.54, 1.807) is 12.2 Å². The molecule has 0 fully saturated rings. The van der Waals surface area contributed by atoms with E-state index in [2.05, 4.69) is 0 Å². The van der Waals surface area contributed by atoms with Crippen LogP contribution in [0, 0.1) is 5.92 Å². The summed E-state index contributed by atoms with van der Waals surface area (Å²) in [4.78, 5) is 10.9. The quantitative estimate of drug-likeness (QED) is 0.668. The Morgan fingerprint density at radius 1 is 1.47 bits per heavy atom. The third-order valence-corrected chi connectivity index (χ3v) is 1.78. The molecule has 0 aliphatic rings. The summed E-state index contributed by atoms with van der Waals surface area (Å²) in [5, 5.41) is 1.74. The fourth-order valence-electron chi connectivity index (χ4n) is 0.766. The Hall–Kier alpha value is -0.850. The number of halogens is 4. The minimum Gasteiger partial charge on any atom is -0.350 e. The summed E-state index contributed by atoms with van der Waals surface area (Å²) in [5.74, 6) is -5.04. The SMILES string of the molecule is CC(CN)CC(=O)NCC(F)(F)C(F)F. The molecule has 0 saturated carbocycles. The largest absolute Gasteiger partial charge is 0.350 e. The van der Waals surface area contributed by atoms with Gasteiger partial charge >= 0.3 is 12.3 Å². The summed E-state index contributed by atoms with van der Waals surface area (Å²) in [6.45, 7) is 0.546. The summed E-state index contributed by atoms with van der Waals surface area (Å²) in [5.41, 5.74) is 5.20. The van der Waals surface area contributed by atoms with Crippen molar-refractivity contribution in [3.8, 4) is 0 Å². The second-order valence-corrected chi connectivity index (χ2v) is 3.38. The highest BCUT2D eigenvalue weighted by Crippen LogP contribution is 2.21. The third-order valence-electron chi connectivity index (χ3n) is 1.78. The number of rotatable bonds is 6. The monoisotopic (exact) mass is 230 g/mol. The first-order chi connectivity index (χ1) is 6.79. The van der Waals surface area contributed by atoms with Gasteiger partial charge < -0.3 is 11.1 Å². The minimum atomic E-state index is -4.18. The average molecular weight is 230 g/mol. The van der Waals surface area contributed by atoms with Crippen LogP contribution in [-0.2, 0) is 4.79 Å². The summed E-state index contributed by atoms with van der Waals surface area (Å²) in [6, 6.07) is 0. The lowest BCUT2D eigenvalue weighted by Crippen LogP contribution is -2.41. The van der Waals surface area contributed by atoms with Gasteiger partial charge in [0, 0.05) is 6.42 Å². The summed E-state index contributed by atoms with van der Waals surface area (Å²) < 4.78 is 48.0. The van der Waals surface area contributed by atoms with Gasteiger partial charge in [-0.2, -0.15) is 8.78 Å². The number of carbonyl (C=O) groups is 1. The molecule has 0 spiro atoms. The van der Waals surface area contributed by atoms with Crippen LogP contribution in [0.4, 0.5) is 17.6 Å². The van der Waals surface area contributed by atoms with Crippen molar-refractivity contribution in [1.82, 2.24) is 5.32 Å². The van der Waals surface area contributed by atoms with Crippen molar-refractivity contribution in [2.45, 2.75) is 25.7 Å². The van der Waals surface area contributed by atoms with Crippen molar-refractivity contribution in [3.05, 3.63) is 0 Å². The molecule has 0 aliphatic heterocycles. The van der Waals surface area contributed by atoms with E-state index in [0.29, 0.717) is 0 Å². The molecule has 3 nitrogen and oxygen atoms in total. The van der Waals surface area contributed by atoms with E-state index in [9.17, 15) is 22.4 Å². The van der Waals surface area contributed by atoms with Gasteiger partial charge in [-0.1, -0.05) is 6.92 Å². The molecule has 7 heteroatoms. The molecular formula is C8H14F4N2O. The van der Waals surface area contributed by atoms with Gasteiger partial charge in [0.2, 0.25) is 5.91 Å². The average Bonchev–Trinajstić information content (AvgIpc) is 2.14. The van der Waals surface area contributed by atoms with Crippen LogP contribution in [0.2, 0.25) is 0 Å². The highest BCUT2D eigenvalue weighted by atomic mass is 19.3. The van der Waals surface area contributed by atoms with Crippen LogP contribution in [0.25, 0.3) is 0 Å². The van der Waals surface area contributed by atoms with Crippen LogP contribution in [0.15, 0.2) is 0 Å². The van der Waals surface area contributed by atoms with Gasteiger partial charge in [0.15, 0.2) is 0 Å². The summed E-state index contributed by atoms with van der Waals surface area (Å²) in [6.07, 6.45) is -3.82. The van der Waals surface area contributed by atoms with Crippen LogP contribution < -0.4 is 11.1 Å². The van der Waals surface area contributed by atoms with Crippen LogP contribution >= 0.6 is 0 Å². The van der Waals surface area contributed by atoms with E-state index in [4.69, 9.17) is 5.73 Å². The molecule has 0 aliphatic carbocycles. The first-order valence-corrected chi connectivity index (χ1v) is 4.42. The molecule has 1 atom stereocenters.